The van der Waals surface area contributed by atoms with Crippen molar-refractivity contribution in [3.05, 3.63) is 35.9 Å². The smallest absolute Gasteiger partial charge is 0.310 e. The van der Waals surface area contributed by atoms with Gasteiger partial charge in [-0.25, -0.2) is 0 Å². The summed E-state index contributed by atoms with van der Waals surface area (Å²) in [6, 6.07) is 9.61. The molecular weight excluding hydrogens is 242 g/mol. The molecule has 0 heterocycles. The molecule has 106 valence electrons. The van der Waals surface area contributed by atoms with Crippen molar-refractivity contribution < 1.29 is 14.6 Å². The van der Waals surface area contributed by atoms with E-state index in [0.717, 1.165) is 5.56 Å². The minimum Gasteiger partial charge on any atom is -0.461 e. The summed E-state index contributed by atoms with van der Waals surface area (Å²) in [6.07, 6.45) is 0.354. The number of aliphatic hydroxyl groups is 1. The zero-order valence-corrected chi connectivity index (χ0v) is 11.6. The third kappa shape index (κ3) is 6.36. The molecule has 0 fully saturated rings. The maximum atomic E-state index is 11.7. The maximum absolute atomic E-state index is 11.7. The summed E-state index contributed by atoms with van der Waals surface area (Å²) in [4.78, 5) is 11.7. The first kappa shape index (κ1) is 15.7. The van der Waals surface area contributed by atoms with Crippen LogP contribution in [0.3, 0.4) is 0 Å². The average Bonchev–Trinajstić information content (AvgIpc) is 2.45. The van der Waals surface area contributed by atoms with E-state index in [4.69, 9.17) is 4.74 Å². The first-order chi connectivity index (χ1) is 9.13. The number of rotatable bonds is 8. The molecule has 0 saturated carbocycles. The number of carbonyl (C=O) groups is 1. The number of ether oxygens (including phenoxy) is 1. The van der Waals surface area contributed by atoms with Crippen LogP contribution >= 0.6 is 0 Å². The van der Waals surface area contributed by atoms with Gasteiger partial charge < -0.3 is 15.2 Å². The van der Waals surface area contributed by atoms with E-state index in [0.29, 0.717) is 26.1 Å². The van der Waals surface area contributed by atoms with Gasteiger partial charge in [0.2, 0.25) is 0 Å². The predicted octanol–water partition coefficient (Wildman–Crippen LogP) is 1.73. The van der Waals surface area contributed by atoms with E-state index in [-0.39, 0.29) is 18.0 Å². The zero-order chi connectivity index (χ0) is 14.1. The highest BCUT2D eigenvalue weighted by atomic mass is 16.5. The number of carbonyl (C=O) groups excluding carboxylic acids is 1. The molecule has 2 atom stereocenters. The van der Waals surface area contributed by atoms with E-state index in [1.165, 1.54) is 0 Å². The lowest BCUT2D eigenvalue weighted by atomic mass is 10.2. The Balaban J connectivity index is 2.21. The summed E-state index contributed by atoms with van der Waals surface area (Å²) >= 11 is 0. The van der Waals surface area contributed by atoms with Crippen molar-refractivity contribution in [3.63, 3.8) is 0 Å². The fourth-order valence-corrected chi connectivity index (χ4v) is 1.57. The van der Waals surface area contributed by atoms with Gasteiger partial charge in [-0.15, -0.1) is 0 Å². The Morgan fingerprint density at radius 1 is 1.32 bits per heavy atom. The number of hydrogen-bond donors (Lipinski definition) is 2. The highest BCUT2D eigenvalue weighted by Gasteiger charge is 2.14. The van der Waals surface area contributed by atoms with Crippen molar-refractivity contribution in [1.29, 1.82) is 0 Å². The van der Waals surface area contributed by atoms with Crippen molar-refractivity contribution >= 4 is 5.97 Å². The maximum Gasteiger partial charge on any atom is 0.310 e. The topological polar surface area (TPSA) is 58.6 Å². The quantitative estimate of drug-likeness (QED) is 0.703. The van der Waals surface area contributed by atoms with Crippen LogP contribution in [0.25, 0.3) is 0 Å². The van der Waals surface area contributed by atoms with Crippen LogP contribution in [0.2, 0.25) is 0 Å². The van der Waals surface area contributed by atoms with Gasteiger partial charge in [-0.3, -0.25) is 4.79 Å². The van der Waals surface area contributed by atoms with Gasteiger partial charge in [0.1, 0.15) is 6.61 Å². The third-order valence-electron chi connectivity index (χ3n) is 2.93. The lowest BCUT2D eigenvalue weighted by Crippen LogP contribution is -2.33. The van der Waals surface area contributed by atoms with E-state index >= 15 is 0 Å². The van der Waals surface area contributed by atoms with E-state index < -0.39 is 0 Å². The Bertz CT molecular complexity index is 367. The molecule has 0 aromatic heterocycles. The number of aliphatic hydroxyl groups excluding tert-OH is 1. The molecule has 0 aliphatic carbocycles. The molecule has 0 aliphatic rings. The van der Waals surface area contributed by atoms with E-state index in [9.17, 15) is 9.90 Å². The van der Waals surface area contributed by atoms with Crippen LogP contribution in [0.15, 0.2) is 30.3 Å². The molecular formula is C15H23NO3. The van der Waals surface area contributed by atoms with Crippen LogP contribution < -0.4 is 5.32 Å². The molecule has 0 radical (unpaired) electrons. The van der Waals surface area contributed by atoms with Crippen molar-refractivity contribution in [2.75, 3.05) is 13.1 Å². The minimum absolute atomic E-state index is 0.215. The van der Waals surface area contributed by atoms with Crippen LogP contribution in [0.4, 0.5) is 0 Å². The molecule has 0 amide bonds. The van der Waals surface area contributed by atoms with Gasteiger partial charge in [0.05, 0.1) is 12.0 Å². The molecule has 1 aromatic rings. The Morgan fingerprint density at radius 3 is 2.63 bits per heavy atom. The molecule has 4 heteroatoms. The SMILES string of the molecule is CCC(O)CNCC(C)C(=O)OCc1ccccc1. The average molecular weight is 265 g/mol. The van der Waals surface area contributed by atoms with Crippen LogP contribution in [0.1, 0.15) is 25.8 Å². The summed E-state index contributed by atoms with van der Waals surface area (Å²) in [5.74, 6) is -0.435. The van der Waals surface area contributed by atoms with Gasteiger partial charge in [-0.1, -0.05) is 44.2 Å². The second kappa shape index (κ2) is 8.67. The summed E-state index contributed by atoms with van der Waals surface area (Å²) < 4.78 is 5.23. The normalized spacial score (nSPS) is 13.8. The molecule has 0 spiro atoms. The second-order valence-electron chi connectivity index (χ2n) is 4.71. The van der Waals surface area contributed by atoms with Crippen molar-refractivity contribution in [2.24, 2.45) is 5.92 Å². The number of benzene rings is 1. The second-order valence-corrected chi connectivity index (χ2v) is 4.71. The monoisotopic (exact) mass is 265 g/mol. The minimum atomic E-state index is -0.354. The van der Waals surface area contributed by atoms with Crippen LogP contribution in [0, 0.1) is 5.92 Å². The summed E-state index contributed by atoms with van der Waals surface area (Å²) in [6.45, 7) is 5.07. The number of esters is 1. The summed E-state index contributed by atoms with van der Waals surface area (Å²) in [7, 11) is 0. The zero-order valence-electron chi connectivity index (χ0n) is 11.6. The fourth-order valence-electron chi connectivity index (χ4n) is 1.57. The molecule has 2 N–H and O–H groups in total. The van der Waals surface area contributed by atoms with Gasteiger partial charge in [0.25, 0.3) is 0 Å². The summed E-state index contributed by atoms with van der Waals surface area (Å²) in [5, 5.41) is 12.4. The first-order valence-electron chi connectivity index (χ1n) is 6.72. The largest absolute Gasteiger partial charge is 0.461 e. The first-order valence-corrected chi connectivity index (χ1v) is 6.72. The molecule has 2 unspecified atom stereocenters. The Labute approximate surface area is 114 Å². The Kier molecular flexibility index (Phi) is 7.15. The number of hydrogen-bond acceptors (Lipinski definition) is 4. The van der Waals surface area contributed by atoms with Crippen molar-refractivity contribution in [3.8, 4) is 0 Å². The number of nitrogens with one attached hydrogen (secondary N) is 1. The highest BCUT2D eigenvalue weighted by molar-refractivity contribution is 5.72. The highest BCUT2D eigenvalue weighted by Crippen LogP contribution is 2.04. The Morgan fingerprint density at radius 2 is 2.00 bits per heavy atom. The molecule has 0 saturated heterocycles. The van der Waals surface area contributed by atoms with E-state index in [1.807, 2.05) is 44.2 Å². The molecule has 19 heavy (non-hydrogen) atoms. The van der Waals surface area contributed by atoms with Crippen LogP contribution in [-0.4, -0.2) is 30.3 Å². The lowest BCUT2D eigenvalue weighted by molar-refractivity contribution is -0.149. The molecule has 1 rings (SSSR count). The van der Waals surface area contributed by atoms with Gasteiger partial charge in [0.15, 0.2) is 0 Å². The third-order valence-corrected chi connectivity index (χ3v) is 2.93. The molecule has 0 aliphatic heterocycles. The van der Waals surface area contributed by atoms with Crippen LogP contribution in [0.5, 0.6) is 0 Å². The lowest BCUT2D eigenvalue weighted by Gasteiger charge is -2.14. The standard InChI is InChI=1S/C15H23NO3/c1-3-14(17)10-16-9-12(2)15(18)19-11-13-7-5-4-6-8-13/h4-8,12,14,16-17H,3,9-11H2,1-2H3. The predicted molar refractivity (Wildman–Crippen MR) is 74.6 cm³/mol. The molecule has 1 aromatic carbocycles. The van der Waals surface area contributed by atoms with E-state index in [2.05, 4.69) is 5.32 Å². The van der Waals surface area contributed by atoms with Gasteiger partial charge >= 0.3 is 5.97 Å². The van der Waals surface area contributed by atoms with Gasteiger partial charge in [0, 0.05) is 13.1 Å². The van der Waals surface area contributed by atoms with Crippen molar-refractivity contribution in [2.45, 2.75) is 33.0 Å². The summed E-state index contributed by atoms with van der Waals surface area (Å²) in [5.41, 5.74) is 0.984. The van der Waals surface area contributed by atoms with Gasteiger partial charge in [-0.05, 0) is 12.0 Å². The molecule has 4 nitrogen and oxygen atoms in total. The van der Waals surface area contributed by atoms with Crippen molar-refractivity contribution in [1.82, 2.24) is 5.32 Å². The Hall–Kier alpha value is -1.39. The molecule has 0 bridgehead atoms. The van der Waals surface area contributed by atoms with Gasteiger partial charge in [-0.2, -0.15) is 0 Å². The fraction of sp³-hybridized carbons (Fsp3) is 0.533. The van der Waals surface area contributed by atoms with Crippen LogP contribution in [-0.2, 0) is 16.1 Å². The van der Waals surface area contributed by atoms with E-state index in [1.54, 1.807) is 0 Å².